The molecule has 6 heterocycles. The van der Waals surface area contributed by atoms with Crippen molar-refractivity contribution in [1.29, 1.82) is 0 Å². The number of nitro benzene ring substituents is 2. The minimum Gasteiger partial charge on any atom is -0.455 e. The van der Waals surface area contributed by atoms with Gasteiger partial charge in [-0.25, -0.2) is 0 Å². The van der Waals surface area contributed by atoms with E-state index in [0.29, 0.717) is 10.0 Å². The van der Waals surface area contributed by atoms with Gasteiger partial charge in [0, 0.05) is 109 Å². The first-order chi connectivity index (χ1) is 68.0. The smallest absolute Gasteiger partial charge is 0.455 e. The molecule has 0 amide bonds. The monoisotopic (exact) mass is 1970 g/mol. The Morgan fingerprint density at radius 3 is 0.979 bits per heavy atom. The number of para-hydroxylation sites is 3. The number of rotatable bonds is 7. The molecule has 22 aromatic carbocycles. The summed E-state index contributed by atoms with van der Waals surface area (Å²) in [6.45, 7) is 8.35. The molecule has 0 aliphatic carbocycles. The first kappa shape index (κ1) is 89.3. The van der Waals surface area contributed by atoms with Crippen molar-refractivity contribution in [2.45, 2.75) is 46.3 Å². The second-order valence-electron chi connectivity index (χ2n) is 35.5. The SMILES string of the molecule is Brc1cccc2oc3c4ccccc4c4ccccc4c3c12.C.CC1(C)OB(c2cccc3oc4c5ccccc5c5ccccc5c4c23)OC1(C)C.O=[N+]([O-])c1ccccc1-c1cccc2oc3c4ccccc4c4ccccc4c3c12.O=[N+]([O-])c1ccccc1Br.c1ccc(P(c2ccccc2)c2ccccc2)cc1.c1ccc2c(c1)[nH]c1ccc3oc4c5ccccc5c5ccccc5c4c3c12. The van der Waals surface area contributed by atoms with Crippen LogP contribution in [0.15, 0.2) is 451 Å². The fraction of sp³-hybridized carbons (Fsp3) is 0.0569. The van der Waals surface area contributed by atoms with Gasteiger partial charge in [-0.05, 0) is 192 Å². The summed E-state index contributed by atoms with van der Waals surface area (Å²) in [5.41, 5.74) is 11.2. The zero-order chi connectivity index (χ0) is 94.3. The van der Waals surface area contributed by atoms with Gasteiger partial charge in [-0.3, -0.25) is 20.2 Å². The van der Waals surface area contributed by atoms with Crippen LogP contribution in [0.2, 0.25) is 0 Å². The van der Waals surface area contributed by atoms with Crippen LogP contribution in [0.4, 0.5) is 11.4 Å². The van der Waals surface area contributed by atoms with Gasteiger partial charge in [-0.1, -0.05) is 381 Å². The van der Waals surface area contributed by atoms with Crippen LogP contribution in [0.5, 0.6) is 0 Å². The highest BCUT2D eigenvalue weighted by Gasteiger charge is 2.52. The molecule has 5 aromatic heterocycles. The number of aromatic amines is 1. The van der Waals surface area contributed by atoms with Gasteiger partial charge in [0.1, 0.15) is 44.7 Å². The molecule has 13 nitrogen and oxygen atoms in total. The summed E-state index contributed by atoms with van der Waals surface area (Å²) in [7, 11) is -0.886. The van der Waals surface area contributed by atoms with Crippen LogP contribution in [0.25, 0.3) is 207 Å². The van der Waals surface area contributed by atoms with Crippen LogP contribution in [0.1, 0.15) is 35.1 Å². The summed E-state index contributed by atoms with van der Waals surface area (Å²) in [6.07, 6.45) is 0. The summed E-state index contributed by atoms with van der Waals surface area (Å²) in [6, 6.07) is 144. The number of benzene rings is 22. The van der Waals surface area contributed by atoms with Crippen molar-refractivity contribution in [2.75, 3.05) is 0 Å². The quantitative estimate of drug-likeness (QED) is 0.0532. The topological polar surface area (TPSA) is 173 Å². The molecule has 27 aromatic rings. The van der Waals surface area contributed by atoms with Gasteiger partial charge >= 0.3 is 7.12 Å². The lowest BCUT2D eigenvalue weighted by atomic mass is 9.76. The number of nitrogens with one attached hydrogen (secondary N) is 1. The standard InChI is InChI=1S/C26H23BO3.C26H15NO3.C26H15NO.C20H11BrO.C18H15P.C6H4BrNO2.CH4/c1-25(2)26(3,4)30-27(29-25)20-14-9-15-21-23(20)22-18-12-7-5-10-16(18)17-11-6-8-13-19(17)24(22)28-21;28-27(29)22-14-6-5-10-18(22)20-13-7-15-23-24(20)25-19-11-3-1-8-16(19)17-9-2-4-12-21(17)26(25)30-23;1-3-9-17-15(7-1)16-8-2-4-10-18(16)26-24(17)25-22(28-26)14-13-21-23(25)19-11-5-6-12-20(19)27-21;21-16-10-5-11-17-19(16)18-14-8-3-1-6-12(14)13-7-2-4-9-15(13)20(18)22-17;1-4-10-16(11-5-1)19(17-12-6-2-7-13-17)18-14-8-3-9-15-18;7-5-3-1-2-4-6(5)8(9)10;/h5-15H,1-4H3;1-15H;1-14,27H;1-11H;1-15H;1-4H;1H4. The van der Waals surface area contributed by atoms with E-state index in [1.54, 1.807) is 36.4 Å². The molecule has 1 N–H and O–H groups in total. The van der Waals surface area contributed by atoms with Gasteiger partial charge in [0.25, 0.3) is 11.4 Å². The lowest BCUT2D eigenvalue weighted by Crippen LogP contribution is -2.41. The average molecular weight is 1970 g/mol. The van der Waals surface area contributed by atoms with Crippen LogP contribution in [0.3, 0.4) is 0 Å². The molecule has 0 unspecified atom stereocenters. The summed E-state index contributed by atoms with van der Waals surface area (Å²) < 4.78 is 40.0. The Morgan fingerprint density at radius 1 is 0.257 bits per heavy atom. The number of nitrogens with zero attached hydrogens (tertiary/aromatic N) is 2. The van der Waals surface area contributed by atoms with E-state index in [2.05, 4.69) is 374 Å². The maximum absolute atomic E-state index is 11.7. The van der Waals surface area contributed by atoms with Crippen LogP contribution < -0.4 is 21.4 Å². The third-order valence-corrected chi connectivity index (χ3v) is 30.8. The maximum Gasteiger partial charge on any atom is 0.495 e. The number of H-pyrrole nitrogens is 1. The molecule has 17 heteroatoms. The number of hydrogen-bond donors (Lipinski definition) is 1. The third-order valence-electron chi connectivity index (χ3n) is 27.1. The van der Waals surface area contributed by atoms with E-state index in [9.17, 15) is 20.2 Å². The molecule has 1 aliphatic rings. The Hall–Kier alpha value is -15.9. The molecule has 0 bridgehead atoms. The van der Waals surface area contributed by atoms with E-state index in [1.165, 1.54) is 108 Å². The molecule has 0 spiro atoms. The Bertz CT molecular complexity index is 9460. The number of fused-ring (bicyclic) bond motifs is 36. The van der Waals surface area contributed by atoms with Gasteiger partial charge in [0.2, 0.25) is 0 Å². The lowest BCUT2D eigenvalue weighted by molar-refractivity contribution is -0.385. The second kappa shape index (κ2) is 36.9. The number of furan rings is 4. The number of aromatic nitrogens is 1. The van der Waals surface area contributed by atoms with Crippen LogP contribution in [-0.2, 0) is 9.31 Å². The van der Waals surface area contributed by atoms with Crippen molar-refractivity contribution in [1.82, 2.24) is 4.98 Å². The number of hydrogen-bond acceptors (Lipinski definition) is 10. The Labute approximate surface area is 822 Å². The first-order valence-electron chi connectivity index (χ1n) is 46.0. The largest absolute Gasteiger partial charge is 0.495 e. The highest BCUT2D eigenvalue weighted by molar-refractivity contribution is 9.11. The fourth-order valence-corrected chi connectivity index (χ4v) is 23.5. The van der Waals surface area contributed by atoms with Gasteiger partial charge in [0.15, 0.2) is 0 Å². The highest BCUT2D eigenvalue weighted by atomic mass is 79.9. The van der Waals surface area contributed by atoms with Crippen molar-refractivity contribution in [3.8, 4) is 11.1 Å². The first-order valence-corrected chi connectivity index (χ1v) is 48.9. The zero-order valence-corrected chi connectivity index (χ0v) is 79.7. The predicted molar refractivity (Wildman–Crippen MR) is 592 cm³/mol. The van der Waals surface area contributed by atoms with Crippen LogP contribution >= 0.6 is 39.8 Å². The lowest BCUT2D eigenvalue weighted by Gasteiger charge is -2.32. The molecule has 1 fully saturated rings. The van der Waals surface area contributed by atoms with Crippen molar-refractivity contribution < 1.29 is 36.8 Å². The normalized spacial score (nSPS) is 12.8. The van der Waals surface area contributed by atoms with Crippen LogP contribution in [0, 0.1) is 20.2 Å². The molecule has 676 valence electrons. The molecule has 1 saturated heterocycles. The minimum absolute atomic E-state index is 0. The zero-order valence-electron chi connectivity index (χ0n) is 75.7. The number of nitro groups is 2. The maximum atomic E-state index is 11.7. The van der Waals surface area contributed by atoms with E-state index in [1.807, 2.05) is 72.8 Å². The minimum atomic E-state index is -0.446. The van der Waals surface area contributed by atoms with Crippen molar-refractivity contribution in [3.05, 3.63) is 454 Å². The molecule has 1 aliphatic heterocycles. The molecule has 28 rings (SSSR count). The molecular weight excluding hydrogens is 1880 g/mol. The van der Waals surface area contributed by atoms with Gasteiger partial charge in [-0.2, -0.15) is 0 Å². The van der Waals surface area contributed by atoms with Crippen molar-refractivity contribution in [2.24, 2.45) is 0 Å². The number of halogens is 2. The van der Waals surface area contributed by atoms with E-state index >= 15 is 0 Å². The summed E-state index contributed by atoms with van der Waals surface area (Å²) in [5.74, 6) is 0. The molecular formula is C123H87BBr2N3O10P. The van der Waals surface area contributed by atoms with Crippen LogP contribution in [-0.4, -0.2) is 33.2 Å². The van der Waals surface area contributed by atoms with Gasteiger partial charge in [-0.15, -0.1) is 0 Å². The Kier molecular flexibility index (Phi) is 23.5. The molecule has 0 radical (unpaired) electrons. The molecule has 0 saturated carbocycles. The van der Waals surface area contributed by atoms with E-state index in [0.717, 1.165) is 125 Å². The predicted octanol–water partition coefficient (Wildman–Crippen LogP) is 34.3. The second-order valence-corrected chi connectivity index (χ2v) is 39.5. The average Bonchev–Trinajstić information content (AvgIpc) is 1.56. The van der Waals surface area contributed by atoms with E-state index in [-0.39, 0.29) is 23.7 Å². The van der Waals surface area contributed by atoms with E-state index < -0.39 is 31.2 Å². The summed E-state index contributed by atoms with van der Waals surface area (Å²) >= 11 is 6.74. The molecule has 140 heavy (non-hydrogen) atoms. The Balaban J connectivity index is 0.0000000988. The summed E-state index contributed by atoms with van der Waals surface area (Å²) in [4.78, 5) is 24.7. The van der Waals surface area contributed by atoms with Crippen molar-refractivity contribution >= 4 is 275 Å². The van der Waals surface area contributed by atoms with E-state index in [4.69, 9.17) is 27.0 Å². The van der Waals surface area contributed by atoms with Gasteiger partial charge < -0.3 is 32.0 Å². The van der Waals surface area contributed by atoms with Crippen molar-refractivity contribution in [3.63, 3.8) is 0 Å². The molecule has 0 atom stereocenters. The Morgan fingerprint density at radius 2 is 0.557 bits per heavy atom. The van der Waals surface area contributed by atoms with Gasteiger partial charge in [0.05, 0.1) is 31.1 Å². The fourth-order valence-electron chi connectivity index (χ4n) is 20.2. The summed E-state index contributed by atoms with van der Waals surface area (Å²) in [5, 5.41) is 56.4. The highest BCUT2D eigenvalue weighted by Crippen LogP contribution is 2.51. The third kappa shape index (κ3) is 15.6.